The zero-order valence-corrected chi connectivity index (χ0v) is 20.8. The lowest BCUT2D eigenvalue weighted by atomic mass is 9.86. The Morgan fingerprint density at radius 1 is 1.11 bits per heavy atom. The first-order valence-corrected chi connectivity index (χ1v) is 11.4. The van der Waals surface area contributed by atoms with Crippen LogP contribution in [0.5, 0.6) is 0 Å². The molecule has 0 saturated heterocycles. The molecule has 0 aliphatic heterocycles. The quantitative estimate of drug-likeness (QED) is 0.397. The Bertz CT molecular complexity index is 1470. The first-order chi connectivity index (χ1) is 16.4. The van der Waals surface area contributed by atoms with E-state index in [-0.39, 0.29) is 5.69 Å². The maximum Gasteiger partial charge on any atom is 0.270 e. The minimum absolute atomic E-state index is 0.171. The van der Waals surface area contributed by atoms with Gasteiger partial charge in [-0.25, -0.2) is 14.5 Å². The highest BCUT2D eigenvalue weighted by atomic mass is 35.5. The van der Waals surface area contributed by atoms with E-state index in [0.717, 1.165) is 11.1 Å². The van der Waals surface area contributed by atoms with E-state index in [0.29, 0.717) is 33.3 Å². The van der Waals surface area contributed by atoms with E-state index in [2.05, 4.69) is 21.4 Å². The Kier molecular flexibility index (Phi) is 6.09. The number of halogens is 1. The molecule has 35 heavy (non-hydrogen) atoms. The summed E-state index contributed by atoms with van der Waals surface area (Å²) in [6.45, 7) is 8.60. The van der Waals surface area contributed by atoms with E-state index < -0.39 is 17.0 Å². The number of carbonyl (C=O) groups excluding carboxylic acids is 1. The second-order valence-electron chi connectivity index (χ2n) is 9.46. The van der Waals surface area contributed by atoms with Crippen LogP contribution in [0.1, 0.15) is 49.4 Å². The molecule has 0 atom stereocenters. The van der Waals surface area contributed by atoms with Crippen molar-refractivity contribution in [2.45, 2.75) is 45.8 Å². The molecule has 1 amide bonds. The van der Waals surface area contributed by atoms with Crippen LogP contribution in [-0.4, -0.2) is 41.7 Å². The molecule has 4 aromatic rings. The Hall–Kier alpha value is -3.80. The van der Waals surface area contributed by atoms with Gasteiger partial charge in [-0.15, -0.1) is 0 Å². The number of rotatable bonds is 5. The standard InChI is InChI=1S/C26H25ClN6O2/c1-15-11-18(13-20(27)29-15)21-22(17-8-6-7-16(12-17)14-28)32-33-10-9-19(30-23(21)33)24(34)31-25(2,3)26(4,5)35/h6-13,35H,1-5H3,(H,31,34). The average molecular weight is 489 g/mol. The summed E-state index contributed by atoms with van der Waals surface area (Å²) in [5.41, 5.74) is 2.47. The molecule has 0 aliphatic rings. The highest BCUT2D eigenvalue weighted by Crippen LogP contribution is 2.36. The molecule has 0 spiro atoms. The number of fused-ring (bicyclic) bond motifs is 1. The first-order valence-electron chi connectivity index (χ1n) is 11.0. The number of hydrogen-bond donors (Lipinski definition) is 2. The highest BCUT2D eigenvalue weighted by Gasteiger charge is 2.37. The molecule has 4 rings (SSSR count). The molecule has 178 valence electrons. The van der Waals surface area contributed by atoms with Crippen LogP contribution in [-0.2, 0) is 0 Å². The third-order valence-electron chi connectivity index (χ3n) is 6.15. The van der Waals surface area contributed by atoms with Crippen LogP contribution in [0, 0.1) is 18.3 Å². The fourth-order valence-electron chi connectivity index (χ4n) is 3.53. The molecular weight excluding hydrogens is 464 g/mol. The van der Waals surface area contributed by atoms with Gasteiger partial charge in [0, 0.05) is 17.5 Å². The molecule has 3 heterocycles. The van der Waals surface area contributed by atoms with E-state index in [1.807, 2.05) is 19.1 Å². The van der Waals surface area contributed by atoms with Gasteiger partial charge in [0.25, 0.3) is 5.91 Å². The lowest BCUT2D eigenvalue weighted by molar-refractivity contribution is -0.00302. The lowest BCUT2D eigenvalue weighted by Crippen LogP contribution is -2.57. The Balaban J connectivity index is 1.93. The number of amides is 1. The fraction of sp³-hybridized carbons (Fsp3) is 0.269. The van der Waals surface area contributed by atoms with Crippen LogP contribution >= 0.6 is 11.6 Å². The maximum atomic E-state index is 13.1. The molecule has 2 N–H and O–H groups in total. The van der Waals surface area contributed by atoms with Crippen molar-refractivity contribution in [3.8, 4) is 28.5 Å². The number of benzene rings is 1. The lowest BCUT2D eigenvalue weighted by Gasteiger charge is -2.37. The van der Waals surface area contributed by atoms with Crippen molar-refractivity contribution in [2.75, 3.05) is 0 Å². The Morgan fingerprint density at radius 3 is 2.51 bits per heavy atom. The zero-order chi connectivity index (χ0) is 25.5. The van der Waals surface area contributed by atoms with Gasteiger partial charge in [-0.2, -0.15) is 10.4 Å². The predicted octanol–water partition coefficient (Wildman–Crippen LogP) is 4.57. The predicted molar refractivity (Wildman–Crippen MR) is 134 cm³/mol. The maximum absolute atomic E-state index is 13.1. The third-order valence-corrected chi connectivity index (χ3v) is 6.34. The van der Waals surface area contributed by atoms with Gasteiger partial charge in [0.05, 0.1) is 28.3 Å². The fourth-order valence-corrected chi connectivity index (χ4v) is 3.78. The highest BCUT2D eigenvalue weighted by molar-refractivity contribution is 6.29. The number of aliphatic hydroxyl groups is 1. The third kappa shape index (κ3) is 4.74. The van der Waals surface area contributed by atoms with Gasteiger partial charge in [0.1, 0.15) is 16.5 Å². The van der Waals surface area contributed by atoms with Gasteiger partial charge in [0.2, 0.25) is 0 Å². The monoisotopic (exact) mass is 488 g/mol. The molecule has 9 heteroatoms. The molecule has 8 nitrogen and oxygen atoms in total. The van der Waals surface area contributed by atoms with E-state index in [1.54, 1.807) is 68.7 Å². The van der Waals surface area contributed by atoms with Gasteiger partial charge in [-0.05, 0) is 70.5 Å². The molecule has 0 unspecified atom stereocenters. The SMILES string of the molecule is Cc1cc(-c2c(-c3cccc(C#N)c3)nn3ccc(C(=O)NC(C)(C)C(C)(C)O)nc23)cc(Cl)n1. The van der Waals surface area contributed by atoms with Gasteiger partial charge in [-0.3, -0.25) is 4.79 Å². The summed E-state index contributed by atoms with van der Waals surface area (Å²) in [5.74, 6) is -0.427. The summed E-state index contributed by atoms with van der Waals surface area (Å²) in [4.78, 5) is 22.0. The topological polar surface area (TPSA) is 116 Å². The zero-order valence-electron chi connectivity index (χ0n) is 20.1. The number of hydrogen-bond acceptors (Lipinski definition) is 6. The van der Waals surface area contributed by atoms with E-state index in [9.17, 15) is 15.2 Å². The second kappa shape index (κ2) is 8.77. The van der Waals surface area contributed by atoms with Crippen molar-refractivity contribution in [3.63, 3.8) is 0 Å². The van der Waals surface area contributed by atoms with Gasteiger partial charge >= 0.3 is 0 Å². The van der Waals surface area contributed by atoms with Crippen molar-refractivity contribution in [3.05, 3.63) is 70.8 Å². The van der Waals surface area contributed by atoms with Crippen LogP contribution in [0.2, 0.25) is 5.15 Å². The Labute approximate surface area is 208 Å². The second-order valence-corrected chi connectivity index (χ2v) is 9.84. The number of nitrogens with zero attached hydrogens (tertiary/aromatic N) is 5. The van der Waals surface area contributed by atoms with Gasteiger partial charge in [-0.1, -0.05) is 23.7 Å². The summed E-state index contributed by atoms with van der Waals surface area (Å²) < 4.78 is 1.59. The number of aromatic nitrogens is 4. The molecule has 0 saturated carbocycles. The van der Waals surface area contributed by atoms with Crippen molar-refractivity contribution in [1.29, 1.82) is 5.26 Å². The van der Waals surface area contributed by atoms with Crippen molar-refractivity contribution < 1.29 is 9.90 Å². The molecule has 0 radical (unpaired) electrons. The summed E-state index contributed by atoms with van der Waals surface area (Å²) in [6, 6.07) is 14.4. The molecule has 1 aromatic carbocycles. The Morgan fingerprint density at radius 2 is 1.86 bits per heavy atom. The number of nitrogens with one attached hydrogen (secondary N) is 1. The number of nitriles is 1. The van der Waals surface area contributed by atoms with Crippen LogP contribution in [0.15, 0.2) is 48.7 Å². The van der Waals surface area contributed by atoms with Crippen LogP contribution in [0.3, 0.4) is 0 Å². The summed E-state index contributed by atoms with van der Waals surface area (Å²) in [6.07, 6.45) is 1.66. The molecule has 0 aliphatic carbocycles. The van der Waals surface area contributed by atoms with Crippen LogP contribution < -0.4 is 5.32 Å². The minimum atomic E-state index is -1.15. The number of aryl methyl sites for hydroxylation is 1. The van der Waals surface area contributed by atoms with Crippen LogP contribution in [0.4, 0.5) is 0 Å². The van der Waals surface area contributed by atoms with Crippen molar-refractivity contribution in [2.24, 2.45) is 0 Å². The summed E-state index contributed by atoms with van der Waals surface area (Å²) in [5, 5.41) is 27.7. The normalized spacial score (nSPS) is 11.9. The molecule has 3 aromatic heterocycles. The minimum Gasteiger partial charge on any atom is -0.388 e. The summed E-state index contributed by atoms with van der Waals surface area (Å²) >= 11 is 6.27. The van der Waals surface area contributed by atoms with E-state index in [4.69, 9.17) is 16.7 Å². The van der Waals surface area contributed by atoms with Gasteiger partial charge in [0.15, 0.2) is 5.65 Å². The van der Waals surface area contributed by atoms with Crippen LogP contribution in [0.25, 0.3) is 28.0 Å². The molecule has 0 bridgehead atoms. The number of carbonyl (C=O) groups is 1. The smallest absolute Gasteiger partial charge is 0.270 e. The first kappa shape index (κ1) is 24.3. The summed E-state index contributed by atoms with van der Waals surface area (Å²) in [7, 11) is 0. The van der Waals surface area contributed by atoms with Gasteiger partial charge < -0.3 is 10.4 Å². The largest absolute Gasteiger partial charge is 0.388 e. The van der Waals surface area contributed by atoms with E-state index in [1.165, 1.54) is 0 Å². The molecule has 0 fully saturated rings. The number of pyridine rings is 1. The van der Waals surface area contributed by atoms with Crippen molar-refractivity contribution >= 4 is 23.2 Å². The van der Waals surface area contributed by atoms with Crippen molar-refractivity contribution in [1.82, 2.24) is 24.9 Å². The molecular formula is C26H25ClN6O2. The van der Waals surface area contributed by atoms with E-state index >= 15 is 0 Å². The average Bonchev–Trinajstić information content (AvgIpc) is 3.16.